The number of carbonyl (C=O) groups is 1. The van der Waals surface area contributed by atoms with E-state index in [0.29, 0.717) is 23.1 Å². The van der Waals surface area contributed by atoms with Crippen LogP contribution in [0.4, 0.5) is 4.39 Å². The summed E-state index contributed by atoms with van der Waals surface area (Å²) < 4.78 is 21.1. The van der Waals surface area contributed by atoms with Crippen molar-refractivity contribution in [1.82, 2.24) is 19.5 Å². The number of hydrogen-bond acceptors (Lipinski definition) is 4. The minimum atomic E-state index is -0.570. The van der Waals surface area contributed by atoms with Crippen LogP contribution in [0.1, 0.15) is 35.3 Å². The number of halogens is 1. The fourth-order valence-electron chi connectivity index (χ4n) is 4.41. The van der Waals surface area contributed by atoms with Gasteiger partial charge in [-0.2, -0.15) is 5.10 Å². The summed E-state index contributed by atoms with van der Waals surface area (Å²) in [5.41, 5.74) is 9.21. The number of primary amides is 1. The third-order valence-corrected chi connectivity index (χ3v) is 5.95. The fraction of sp³-hybridized carbons (Fsp3) is 0.200. The molecule has 1 saturated heterocycles. The number of aromatic nitrogens is 3. The van der Waals surface area contributed by atoms with Gasteiger partial charge in [-0.3, -0.25) is 4.79 Å². The largest absolute Gasteiger partial charge is 0.454 e. The minimum Gasteiger partial charge on any atom is -0.454 e. The van der Waals surface area contributed by atoms with Gasteiger partial charge in [-0.05, 0) is 55.9 Å². The van der Waals surface area contributed by atoms with Gasteiger partial charge in [-0.1, -0.05) is 18.2 Å². The Bertz CT molecular complexity index is 1340. The molecule has 1 fully saturated rings. The normalized spacial score (nSPS) is 16.2. The van der Waals surface area contributed by atoms with Gasteiger partial charge in [0.2, 0.25) is 0 Å². The first kappa shape index (κ1) is 20.8. The third-order valence-electron chi connectivity index (χ3n) is 5.95. The van der Waals surface area contributed by atoms with E-state index in [1.807, 2.05) is 19.2 Å². The van der Waals surface area contributed by atoms with E-state index in [-0.39, 0.29) is 5.75 Å². The Kier molecular flexibility index (Phi) is 5.34. The van der Waals surface area contributed by atoms with Crippen molar-refractivity contribution in [3.63, 3.8) is 0 Å². The Morgan fingerprint density at radius 3 is 2.76 bits per heavy atom. The maximum Gasteiger partial charge on any atom is 0.269 e. The van der Waals surface area contributed by atoms with Crippen LogP contribution in [0.15, 0.2) is 67.0 Å². The van der Waals surface area contributed by atoms with Crippen molar-refractivity contribution in [2.24, 2.45) is 5.73 Å². The molecule has 8 heteroatoms. The number of para-hydroxylation sites is 1. The van der Waals surface area contributed by atoms with Gasteiger partial charge in [-0.25, -0.2) is 8.91 Å². The number of nitrogens with two attached hydrogens (primary N) is 1. The van der Waals surface area contributed by atoms with E-state index in [4.69, 9.17) is 10.5 Å². The molecule has 0 radical (unpaired) electrons. The number of fused-ring (bicyclic) bond motifs is 1. The van der Waals surface area contributed by atoms with E-state index >= 15 is 0 Å². The molecule has 0 saturated carbocycles. The van der Waals surface area contributed by atoms with Crippen molar-refractivity contribution in [2.75, 3.05) is 13.1 Å². The lowest BCUT2D eigenvalue weighted by Gasteiger charge is -2.11. The van der Waals surface area contributed by atoms with E-state index in [0.717, 1.165) is 36.3 Å². The average Bonchev–Trinajstić information content (AvgIpc) is 3.51. The minimum absolute atomic E-state index is 0.148. The molecule has 0 aliphatic carbocycles. The zero-order valence-corrected chi connectivity index (χ0v) is 18.2. The Hall–Kier alpha value is -4.07. The van der Waals surface area contributed by atoms with Crippen LogP contribution in [0.2, 0.25) is 0 Å². The van der Waals surface area contributed by atoms with Crippen molar-refractivity contribution in [1.29, 1.82) is 0 Å². The number of nitrogens with one attached hydrogen (secondary N) is 1. The highest BCUT2D eigenvalue weighted by Gasteiger charge is 2.28. The zero-order chi connectivity index (χ0) is 22.9. The van der Waals surface area contributed by atoms with E-state index < -0.39 is 11.7 Å². The number of likely N-dealkylation sites (tertiary alicyclic amines) is 1. The zero-order valence-electron chi connectivity index (χ0n) is 18.2. The van der Waals surface area contributed by atoms with Crippen LogP contribution in [0.25, 0.3) is 16.9 Å². The molecule has 3 N–H and O–H groups in total. The maximum atomic E-state index is 13.9. The van der Waals surface area contributed by atoms with Gasteiger partial charge in [-0.15, -0.1) is 0 Å². The van der Waals surface area contributed by atoms with Gasteiger partial charge in [0.15, 0.2) is 17.3 Å². The molecule has 7 nitrogen and oxygen atoms in total. The molecule has 1 amide bonds. The predicted octanol–water partition coefficient (Wildman–Crippen LogP) is 4.68. The smallest absolute Gasteiger partial charge is 0.269 e. The molecule has 1 unspecified atom stereocenters. The molecule has 1 atom stereocenters. The molecule has 0 spiro atoms. The first-order chi connectivity index (χ1) is 16.0. The summed E-state index contributed by atoms with van der Waals surface area (Å²) >= 11 is 0. The van der Waals surface area contributed by atoms with Crippen molar-refractivity contribution < 1.29 is 13.9 Å². The maximum absolute atomic E-state index is 13.9. The number of H-pyrrole nitrogens is 1. The van der Waals surface area contributed by atoms with Crippen LogP contribution < -0.4 is 10.5 Å². The Balaban J connectivity index is 1.48. The van der Waals surface area contributed by atoms with E-state index in [1.54, 1.807) is 47.0 Å². The van der Waals surface area contributed by atoms with Gasteiger partial charge < -0.3 is 20.4 Å². The number of hydrogen-bond donors (Lipinski definition) is 2. The second-order valence-electron chi connectivity index (χ2n) is 8.09. The second-order valence-corrected chi connectivity index (χ2v) is 8.09. The summed E-state index contributed by atoms with van der Waals surface area (Å²) in [5, 5.41) is 4.47. The van der Waals surface area contributed by atoms with Crippen molar-refractivity contribution >= 4 is 11.6 Å². The first-order valence-corrected chi connectivity index (χ1v) is 10.8. The van der Waals surface area contributed by atoms with E-state index in [1.165, 1.54) is 6.07 Å². The van der Waals surface area contributed by atoms with Crippen LogP contribution in [-0.2, 0) is 0 Å². The van der Waals surface area contributed by atoms with Crippen molar-refractivity contribution in [2.45, 2.75) is 19.3 Å². The highest BCUT2D eigenvalue weighted by atomic mass is 19.1. The van der Waals surface area contributed by atoms with E-state index in [2.05, 4.69) is 21.2 Å². The van der Waals surface area contributed by atoms with Gasteiger partial charge in [0.05, 0.1) is 11.9 Å². The number of nitrogens with zero attached hydrogens (tertiary/aromatic N) is 3. The molecule has 5 rings (SSSR count). The van der Waals surface area contributed by atoms with Crippen LogP contribution in [0.3, 0.4) is 0 Å². The van der Waals surface area contributed by atoms with Crippen LogP contribution in [0.5, 0.6) is 11.5 Å². The SMILES string of the molecule is CC=CN1CCC(c2cnn3c(C(N)=O)c(-c4ccc(Oc5ccccc5F)cc4)[nH]c23)C1. The molecular weight excluding hydrogens is 421 g/mol. The number of benzene rings is 2. The molecule has 3 heterocycles. The second kappa shape index (κ2) is 8.46. The molecule has 2 aromatic carbocycles. The van der Waals surface area contributed by atoms with Gasteiger partial charge in [0.25, 0.3) is 5.91 Å². The highest BCUT2D eigenvalue weighted by molar-refractivity contribution is 5.98. The lowest BCUT2D eigenvalue weighted by atomic mass is 10.0. The van der Waals surface area contributed by atoms with Crippen LogP contribution in [0, 0.1) is 5.82 Å². The summed E-state index contributed by atoms with van der Waals surface area (Å²) in [6, 6.07) is 13.3. The Labute approximate surface area is 190 Å². The van der Waals surface area contributed by atoms with Crippen molar-refractivity contribution in [3.8, 4) is 22.8 Å². The molecule has 0 bridgehead atoms. The van der Waals surface area contributed by atoms with Crippen molar-refractivity contribution in [3.05, 3.63) is 84.1 Å². The predicted molar refractivity (Wildman–Crippen MR) is 124 cm³/mol. The molecule has 4 aromatic rings. The number of allylic oxidation sites excluding steroid dienone is 1. The fourth-order valence-corrected chi connectivity index (χ4v) is 4.41. The summed E-state index contributed by atoms with van der Waals surface area (Å²) in [6.45, 7) is 3.88. The lowest BCUT2D eigenvalue weighted by molar-refractivity contribution is 0.0994. The van der Waals surface area contributed by atoms with Gasteiger partial charge >= 0.3 is 0 Å². The molecule has 33 heavy (non-hydrogen) atoms. The number of ether oxygens (including phenoxy) is 1. The summed E-state index contributed by atoms with van der Waals surface area (Å²) in [5.74, 6) is -0.0660. The quantitative estimate of drug-likeness (QED) is 0.451. The summed E-state index contributed by atoms with van der Waals surface area (Å²) in [4.78, 5) is 18.0. The van der Waals surface area contributed by atoms with Gasteiger partial charge in [0.1, 0.15) is 11.4 Å². The molecule has 168 valence electrons. The van der Waals surface area contributed by atoms with E-state index in [9.17, 15) is 9.18 Å². The monoisotopic (exact) mass is 445 g/mol. The number of aromatic amines is 1. The highest BCUT2D eigenvalue weighted by Crippen LogP contribution is 2.34. The number of carbonyl (C=O) groups excluding carboxylic acids is 1. The topological polar surface area (TPSA) is 88.7 Å². The molecular formula is C25H24FN5O2. The van der Waals surface area contributed by atoms with Gasteiger partial charge in [0, 0.05) is 30.1 Å². The summed E-state index contributed by atoms with van der Waals surface area (Å²) in [6.07, 6.45) is 6.96. The molecule has 2 aromatic heterocycles. The summed E-state index contributed by atoms with van der Waals surface area (Å²) in [7, 11) is 0. The molecule has 1 aliphatic rings. The Morgan fingerprint density at radius 1 is 1.24 bits per heavy atom. The molecule has 1 aliphatic heterocycles. The lowest BCUT2D eigenvalue weighted by Crippen LogP contribution is -2.15. The number of imidazole rings is 1. The first-order valence-electron chi connectivity index (χ1n) is 10.8. The average molecular weight is 445 g/mol. The van der Waals surface area contributed by atoms with Crippen LogP contribution in [-0.4, -0.2) is 38.5 Å². The number of rotatable bonds is 6. The third kappa shape index (κ3) is 3.84. The number of amides is 1. The standard InChI is InChI=1S/C25H24FN5O2/c1-2-12-30-13-11-17(15-30)19-14-28-31-23(24(27)32)22(29-25(19)31)16-7-9-18(10-8-16)33-21-6-4-3-5-20(21)26/h2-10,12,14,17,29H,11,13,15H2,1H3,(H2,27,32). The van der Waals surface area contributed by atoms with Crippen LogP contribution >= 0.6 is 0 Å². The Morgan fingerprint density at radius 2 is 2.03 bits per heavy atom.